The number of esters is 1. The Bertz CT molecular complexity index is 949. The van der Waals surface area contributed by atoms with Crippen LogP contribution in [0, 0.1) is 5.41 Å². The number of carbonyl (C=O) groups is 1. The molecule has 2 atom stereocenters. The van der Waals surface area contributed by atoms with Gasteiger partial charge in [-0.3, -0.25) is 9.48 Å². The van der Waals surface area contributed by atoms with Gasteiger partial charge in [0, 0.05) is 18.0 Å². The predicted molar refractivity (Wildman–Crippen MR) is 99.7 cm³/mol. The van der Waals surface area contributed by atoms with Crippen molar-refractivity contribution < 1.29 is 9.53 Å². The zero-order chi connectivity index (χ0) is 18.9. The van der Waals surface area contributed by atoms with Crippen LogP contribution in [0.25, 0.3) is 0 Å². The van der Waals surface area contributed by atoms with Crippen molar-refractivity contribution in [3.8, 4) is 0 Å². The normalized spacial score (nSPS) is 25.3. The first-order valence-corrected chi connectivity index (χ1v) is 9.20. The molecule has 0 amide bonds. The summed E-state index contributed by atoms with van der Waals surface area (Å²) in [5.74, 6) is 0.00226. The van der Waals surface area contributed by atoms with E-state index >= 15 is 0 Å². The van der Waals surface area contributed by atoms with Crippen LogP contribution in [0.5, 0.6) is 0 Å². The van der Waals surface area contributed by atoms with Gasteiger partial charge in [-0.15, -0.1) is 0 Å². The number of benzene rings is 1. The van der Waals surface area contributed by atoms with Gasteiger partial charge in [-0.05, 0) is 41.9 Å². The van der Waals surface area contributed by atoms with Gasteiger partial charge in [0.1, 0.15) is 0 Å². The molecule has 4 rings (SSSR count). The molecule has 1 heterocycles. The fourth-order valence-electron chi connectivity index (χ4n) is 5.28. The number of hydrogen-bond donors (Lipinski definition) is 0. The molecular weight excluding hydrogens is 328 g/mol. The van der Waals surface area contributed by atoms with Crippen LogP contribution < -0.4 is 5.56 Å². The molecule has 2 aliphatic rings. The highest BCUT2D eigenvalue weighted by atomic mass is 16.5. The molecule has 1 aromatic carbocycles. The largest absolute Gasteiger partial charge is 0.465 e. The first kappa shape index (κ1) is 17.1. The number of nitrogens with zero attached hydrogens (tertiary/aromatic N) is 2. The molecule has 2 aliphatic carbocycles. The van der Waals surface area contributed by atoms with Crippen molar-refractivity contribution in [2.75, 3.05) is 7.11 Å². The zero-order valence-electron chi connectivity index (χ0n) is 16.1. The monoisotopic (exact) mass is 354 g/mol. The van der Waals surface area contributed by atoms with Crippen molar-refractivity contribution in [3.63, 3.8) is 0 Å². The van der Waals surface area contributed by atoms with Crippen molar-refractivity contribution in [2.45, 2.75) is 51.5 Å². The standard InChI is InChI=1S/C21H26N2O3/c1-20(2)15-10-11-21(20,3)17-16(15)18(24)23(22(17)4)12-13-6-8-14(9-7-13)19(25)26-5/h6-9,15H,10-12H2,1-5H3/t15-,21+/m1/s1. The number of rotatable bonds is 3. The van der Waals surface area contributed by atoms with Gasteiger partial charge in [-0.25, -0.2) is 9.48 Å². The number of fused-ring (bicyclic) bond motifs is 5. The summed E-state index contributed by atoms with van der Waals surface area (Å²) in [7, 11) is 3.38. The maximum atomic E-state index is 13.2. The minimum atomic E-state index is -0.349. The Labute approximate surface area is 153 Å². The van der Waals surface area contributed by atoms with E-state index in [2.05, 4.69) is 25.5 Å². The van der Waals surface area contributed by atoms with Crippen LogP contribution in [-0.2, 0) is 23.7 Å². The summed E-state index contributed by atoms with van der Waals surface area (Å²) < 4.78 is 8.65. The number of carbonyl (C=O) groups excluding carboxylic acids is 1. The molecule has 138 valence electrons. The molecule has 2 bridgehead atoms. The maximum absolute atomic E-state index is 13.2. The molecule has 26 heavy (non-hydrogen) atoms. The van der Waals surface area contributed by atoms with Crippen LogP contribution in [-0.4, -0.2) is 22.4 Å². The predicted octanol–water partition coefficient (Wildman–Crippen LogP) is 3.20. The van der Waals surface area contributed by atoms with Crippen LogP contribution in [0.1, 0.15) is 66.7 Å². The van der Waals surface area contributed by atoms with Gasteiger partial charge in [-0.1, -0.05) is 32.9 Å². The lowest BCUT2D eigenvalue weighted by Crippen LogP contribution is -2.35. The lowest BCUT2D eigenvalue weighted by molar-refractivity contribution is 0.0600. The van der Waals surface area contributed by atoms with Crippen LogP contribution in [0.4, 0.5) is 0 Å². The molecule has 0 aliphatic heterocycles. The van der Waals surface area contributed by atoms with Crippen LogP contribution in [0.2, 0.25) is 0 Å². The van der Waals surface area contributed by atoms with Crippen molar-refractivity contribution >= 4 is 5.97 Å². The average molecular weight is 354 g/mol. The topological polar surface area (TPSA) is 53.2 Å². The van der Waals surface area contributed by atoms with E-state index in [1.807, 2.05) is 23.9 Å². The van der Waals surface area contributed by atoms with Gasteiger partial charge in [-0.2, -0.15) is 0 Å². The van der Waals surface area contributed by atoms with E-state index in [4.69, 9.17) is 4.74 Å². The molecule has 0 saturated heterocycles. The first-order valence-electron chi connectivity index (χ1n) is 9.20. The third-order valence-corrected chi connectivity index (χ3v) is 7.21. The molecule has 5 nitrogen and oxygen atoms in total. The Morgan fingerprint density at radius 2 is 1.88 bits per heavy atom. The Kier molecular flexibility index (Phi) is 3.52. The van der Waals surface area contributed by atoms with Gasteiger partial charge in [0.15, 0.2) is 0 Å². The van der Waals surface area contributed by atoms with Gasteiger partial charge in [0.05, 0.1) is 24.9 Å². The molecule has 0 N–H and O–H groups in total. The van der Waals surface area contributed by atoms with Gasteiger partial charge in [0.25, 0.3) is 5.56 Å². The van der Waals surface area contributed by atoms with Crippen molar-refractivity contribution in [1.29, 1.82) is 0 Å². The summed E-state index contributed by atoms with van der Waals surface area (Å²) in [6.07, 6.45) is 2.24. The summed E-state index contributed by atoms with van der Waals surface area (Å²) >= 11 is 0. The van der Waals surface area contributed by atoms with E-state index in [-0.39, 0.29) is 22.4 Å². The van der Waals surface area contributed by atoms with E-state index < -0.39 is 0 Å². The first-order chi connectivity index (χ1) is 12.2. The number of hydrogen-bond acceptors (Lipinski definition) is 3. The SMILES string of the molecule is COC(=O)c1ccc(Cn2c(=O)c3c(n2C)[C@]2(C)CC[C@H]3C2(C)C)cc1. The number of ether oxygens (including phenoxy) is 1. The van der Waals surface area contributed by atoms with Crippen molar-refractivity contribution in [2.24, 2.45) is 12.5 Å². The molecule has 0 radical (unpaired) electrons. The fraction of sp³-hybridized carbons (Fsp3) is 0.524. The minimum absolute atomic E-state index is 0.0564. The lowest BCUT2D eigenvalue weighted by Gasteiger charge is -2.36. The summed E-state index contributed by atoms with van der Waals surface area (Å²) in [5, 5.41) is 0. The Morgan fingerprint density at radius 1 is 1.23 bits per heavy atom. The Morgan fingerprint density at radius 3 is 2.46 bits per heavy atom. The lowest BCUT2D eigenvalue weighted by atomic mass is 9.70. The van der Waals surface area contributed by atoms with Crippen molar-refractivity contribution in [3.05, 3.63) is 57.0 Å². The molecule has 0 spiro atoms. The quantitative estimate of drug-likeness (QED) is 0.796. The third kappa shape index (κ3) is 1.97. The summed E-state index contributed by atoms with van der Waals surface area (Å²) in [6, 6.07) is 7.27. The molecule has 1 aromatic heterocycles. The van der Waals surface area contributed by atoms with Crippen LogP contribution in [0.15, 0.2) is 29.1 Å². The van der Waals surface area contributed by atoms with Crippen molar-refractivity contribution in [1.82, 2.24) is 9.36 Å². The maximum Gasteiger partial charge on any atom is 0.337 e. The van der Waals surface area contributed by atoms with Crippen LogP contribution in [0.3, 0.4) is 0 Å². The number of methoxy groups -OCH3 is 1. The van der Waals surface area contributed by atoms with E-state index in [1.54, 1.807) is 12.1 Å². The smallest absolute Gasteiger partial charge is 0.337 e. The highest BCUT2D eigenvalue weighted by Crippen LogP contribution is 2.66. The van der Waals surface area contributed by atoms with E-state index in [0.29, 0.717) is 18.0 Å². The number of aromatic nitrogens is 2. The minimum Gasteiger partial charge on any atom is -0.465 e. The third-order valence-electron chi connectivity index (χ3n) is 7.21. The molecule has 0 unspecified atom stereocenters. The Hall–Kier alpha value is -2.30. The second kappa shape index (κ2) is 5.35. The summed E-state index contributed by atoms with van der Waals surface area (Å²) in [4.78, 5) is 24.8. The molecule has 1 saturated carbocycles. The molecule has 5 heteroatoms. The highest BCUT2D eigenvalue weighted by Gasteiger charge is 2.62. The molecule has 2 aromatic rings. The average Bonchev–Trinajstić information content (AvgIpc) is 3.08. The molecule has 1 fully saturated rings. The van der Waals surface area contributed by atoms with Gasteiger partial charge in [0.2, 0.25) is 0 Å². The van der Waals surface area contributed by atoms with Crippen LogP contribution >= 0.6 is 0 Å². The van der Waals surface area contributed by atoms with E-state index in [9.17, 15) is 9.59 Å². The highest BCUT2D eigenvalue weighted by molar-refractivity contribution is 5.89. The zero-order valence-corrected chi connectivity index (χ0v) is 16.1. The summed E-state index contributed by atoms with van der Waals surface area (Å²) in [5.41, 5.74) is 4.09. The Balaban J connectivity index is 1.72. The van der Waals surface area contributed by atoms with Gasteiger partial charge >= 0.3 is 5.97 Å². The second-order valence-electron chi connectivity index (χ2n) is 8.48. The fourth-order valence-corrected chi connectivity index (χ4v) is 5.28. The molecular formula is C21H26N2O3. The van der Waals surface area contributed by atoms with E-state index in [0.717, 1.165) is 24.0 Å². The summed E-state index contributed by atoms with van der Waals surface area (Å²) in [6.45, 7) is 7.43. The van der Waals surface area contributed by atoms with E-state index in [1.165, 1.54) is 12.8 Å². The van der Waals surface area contributed by atoms with Gasteiger partial charge < -0.3 is 4.74 Å². The second-order valence-corrected chi connectivity index (χ2v) is 8.48.